The lowest BCUT2D eigenvalue weighted by Gasteiger charge is -2.34. The second-order valence-electron chi connectivity index (χ2n) is 6.42. The van der Waals surface area contributed by atoms with E-state index in [0.29, 0.717) is 17.5 Å². The Morgan fingerprint density at radius 2 is 1.44 bits per heavy atom. The molecule has 25 heavy (non-hydrogen) atoms. The number of nitrogens with one attached hydrogen (secondary N) is 1. The number of aliphatic hydroxyl groups is 1. The summed E-state index contributed by atoms with van der Waals surface area (Å²) in [5.74, 6) is -0.518. The molecule has 0 spiro atoms. The van der Waals surface area contributed by atoms with Crippen molar-refractivity contribution in [3.63, 3.8) is 0 Å². The van der Waals surface area contributed by atoms with Crippen molar-refractivity contribution < 1.29 is 9.90 Å². The van der Waals surface area contributed by atoms with Gasteiger partial charge < -0.3 is 10.4 Å². The number of benzene rings is 3. The molecule has 124 valence electrons. The van der Waals surface area contributed by atoms with Gasteiger partial charge in [-0.05, 0) is 23.6 Å². The first kappa shape index (κ1) is 15.6. The lowest BCUT2D eigenvalue weighted by molar-refractivity contribution is -0.0129. The fraction of sp³-hybridized carbons (Fsp3) is 0.136. The lowest BCUT2D eigenvalue weighted by atomic mass is 9.80. The Kier molecular flexibility index (Phi) is 3.86. The zero-order valence-corrected chi connectivity index (χ0v) is 13.7. The highest BCUT2D eigenvalue weighted by Crippen LogP contribution is 2.42. The van der Waals surface area contributed by atoms with Crippen molar-refractivity contribution in [2.24, 2.45) is 0 Å². The van der Waals surface area contributed by atoms with Crippen LogP contribution in [0, 0.1) is 0 Å². The standard InChI is InChI=1S/C22H19NO2/c24-21-18-13-7-8-14-19(18)22(25,23-21)20(17-11-5-2-6-12-17)15-16-9-3-1-4-10-16/h1-14,20,25H,15H2,(H,23,24)/t20-,22-/m1/s1. The summed E-state index contributed by atoms with van der Waals surface area (Å²) >= 11 is 0. The van der Waals surface area contributed by atoms with E-state index in [1.807, 2.05) is 78.9 Å². The summed E-state index contributed by atoms with van der Waals surface area (Å²) in [7, 11) is 0. The summed E-state index contributed by atoms with van der Waals surface area (Å²) in [6, 6.07) is 27.2. The summed E-state index contributed by atoms with van der Waals surface area (Å²) in [5.41, 5.74) is 1.86. The van der Waals surface area contributed by atoms with E-state index in [1.54, 1.807) is 6.07 Å². The number of fused-ring (bicyclic) bond motifs is 1. The Morgan fingerprint density at radius 1 is 0.840 bits per heavy atom. The van der Waals surface area contributed by atoms with Gasteiger partial charge in [0.05, 0.1) is 0 Å². The molecule has 0 fully saturated rings. The van der Waals surface area contributed by atoms with Crippen molar-refractivity contribution in [3.8, 4) is 0 Å². The molecule has 4 rings (SSSR count). The molecule has 2 N–H and O–H groups in total. The van der Waals surface area contributed by atoms with Crippen LogP contribution < -0.4 is 5.32 Å². The van der Waals surface area contributed by atoms with Crippen molar-refractivity contribution in [1.29, 1.82) is 0 Å². The number of carbonyl (C=O) groups excluding carboxylic acids is 1. The molecule has 0 aliphatic carbocycles. The highest BCUT2D eigenvalue weighted by molar-refractivity contribution is 5.99. The number of hydrogen-bond donors (Lipinski definition) is 2. The third-order valence-corrected chi connectivity index (χ3v) is 4.88. The van der Waals surface area contributed by atoms with Crippen molar-refractivity contribution in [2.75, 3.05) is 0 Å². The summed E-state index contributed by atoms with van der Waals surface area (Å²) in [6.07, 6.45) is 0.621. The Hall–Kier alpha value is -2.91. The molecule has 1 heterocycles. The second-order valence-corrected chi connectivity index (χ2v) is 6.42. The average molecular weight is 329 g/mol. The normalized spacial score (nSPS) is 20.0. The predicted molar refractivity (Wildman–Crippen MR) is 97.1 cm³/mol. The molecular weight excluding hydrogens is 310 g/mol. The van der Waals surface area contributed by atoms with E-state index in [2.05, 4.69) is 5.32 Å². The van der Waals surface area contributed by atoms with Crippen molar-refractivity contribution in [3.05, 3.63) is 107 Å². The Bertz CT molecular complexity index is 892. The van der Waals surface area contributed by atoms with Crippen molar-refractivity contribution in [1.82, 2.24) is 5.32 Å². The summed E-state index contributed by atoms with van der Waals surface area (Å²) in [4.78, 5) is 12.4. The van der Waals surface area contributed by atoms with Crippen molar-refractivity contribution in [2.45, 2.75) is 18.1 Å². The first-order valence-electron chi connectivity index (χ1n) is 8.42. The van der Waals surface area contributed by atoms with E-state index < -0.39 is 5.72 Å². The highest BCUT2D eigenvalue weighted by atomic mass is 16.3. The van der Waals surface area contributed by atoms with Gasteiger partial charge in [-0.3, -0.25) is 4.79 Å². The molecular formula is C22H19NO2. The van der Waals surface area contributed by atoms with Crippen molar-refractivity contribution >= 4 is 5.91 Å². The molecule has 3 aromatic rings. The van der Waals surface area contributed by atoms with Gasteiger partial charge in [0.15, 0.2) is 5.72 Å². The highest BCUT2D eigenvalue weighted by Gasteiger charge is 2.47. The van der Waals surface area contributed by atoms with Crippen LogP contribution >= 0.6 is 0 Å². The van der Waals surface area contributed by atoms with Crippen LogP contribution in [-0.4, -0.2) is 11.0 Å². The van der Waals surface area contributed by atoms with Crippen LogP contribution in [0.15, 0.2) is 84.9 Å². The van der Waals surface area contributed by atoms with E-state index in [1.165, 1.54) is 0 Å². The summed E-state index contributed by atoms with van der Waals surface area (Å²) in [5, 5.41) is 14.4. The molecule has 0 bridgehead atoms. The van der Waals surface area contributed by atoms with E-state index in [4.69, 9.17) is 0 Å². The molecule has 0 aromatic heterocycles. The zero-order valence-electron chi connectivity index (χ0n) is 13.7. The molecule has 0 saturated heterocycles. The van der Waals surface area contributed by atoms with Crippen LogP contribution in [0.4, 0.5) is 0 Å². The number of hydrogen-bond acceptors (Lipinski definition) is 2. The molecule has 1 aliphatic heterocycles. The fourth-order valence-corrected chi connectivity index (χ4v) is 3.64. The van der Waals surface area contributed by atoms with Crippen LogP contribution in [-0.2, 0) is 12.1 Å². The van der Waals surface area contributed by atoms with Gasteiger partial charge in [0.2, 0.25) is 0 Å². The van der Waals surface area contributed by atoms with Crippen LogP contribution in [0.1, 0.15) is 33.0 Å². The van der Waals surface area contributed by atoms with Gasteiger partial charge in [-0.2, -0.15) is 0 Å². The number of rotatable bonds is 4. The van der Waals surface area contributed by atoms with Gasteiger partial charge in [-0.1, -0.05) is 78.9 Å². The molecule has 1 aliphatic rings. The molecule has 0 unspecified atom stereocenters. The molecule has 3 nitrogen and oxygen atoms in total. The van der Waals surface area contributed by atoms with Gasteiger partial charge in [0.1, 0.15) is 0 Å². The van der Waals surface area contributed by atoms with E-state index in [9.17, 15) is 9.90 Å². The van der Waals surface area contributed by atoms with E-state index in [-0.39, 0.29) is 11.8 Å². The van der Waals surface area contributed by atoms with Crippen LogP contribution in [0.3, 0.4) is 0 Å². The third kappa shape index (κ3) is 2.73. The predicted octanol–water partition coefficient (Wildman–Crippen LogP) is 3.60. The Balaban J connectivity index is 1.83. The smallest absolute Gasteiger partial charge is 0.254 e. The largest absolute Gasteiger partial charge is 0.366 e. The fourth-order valence-electron chi connectivity index (χ4n) is 3.64. The van der Waals surface area contributed by atoms with E-state index >= 15 is 0 Å². The first-order chi connectivity index (χ1) is 12.2. The monoisotopic (exact) mass is 329 g/mol. The van der Waals surface area contributed by atoms with E-state index in [0.717, 1.165) is 11.1 Å². The zero-order chi connectivity index (χ0) is 17.3. The minimum Gasteiger partial charge on any atom is -0.366 e. The molecule has 3 heteroatoms. The quantitative estimate of drug-likeness (QED) is 0.768. The van der Waals surface area contributed by atoms with Gasteiger partial charge in [0, 0.05) is 17.0 Å². The number of amides is 1. The SMILES string of the molecule is O=C1N[C@](O)([C@H](Cc2ccccc2)c2ccccc2)c2ccccc21. The van der Waals surface area contributed by atoms with Gasteiger partial charge in [-0.15, -0.1) is 0 Å². The molecule has 3 aromatic carbocycles. The van der Waals surface area contributed by atoms with Crippen LogP contribution in [0.25, 0.3) is 0 Å². The van der Waals surface area contributed by atoms with Crippen LogP contribution in [0.2, 0.25) is 0 Å². The third-order valence-electron chi connectivity index (χ3n) is 4.88. The summed E-state index contributed by atoms with van der Waals surface area (Å²) in [6.45, 7) is 0. The second kappa shape index (κ2) is 6.19. The minimum absolute atomic E-state index is 0.230. The van der Waals surface area contributed by atoms with Gasteiger partial charge in [0.25, 0.3) is 5.91 Å². The number of carbonyl (C=O) groups is 1. The average Bonchev–Trinajstić information content (AvgIpc) is 2.93. The maximum absolute atomic E-state index is 12.4. The molecule has 2 atom stereocenters. The maximum Gasteiger partial charge on any atom is 0.254 e. The molecule has 1 amide bonds. The Labute approximate surface area is 147 Å². The summed E-state index contributed by atoms with van der Waals surface area (Å²) < 4.78 is 0. The molecule has 0 saturated carbocycles. The topological polar surface area (TPSA) is 49.3 Å². The Morgan fingerprint density at radius 3 is 2.16 bits per heavy atom. The molecule has 0 radical (unpaired) electrons. The van der Waals surface area contributed by atoms with Gasteiger partial charge >= 0.3 is 0 Å². The van der Waals surface area contributed by atoms with Gasteiger partial charge in [-0.25, -0.2) is 0 Å². The van der Waals surface area contributed by atoms with Crippen LogP contribution in [0.5, 0.6) is 0 Å². The minimum atomic E-state index is -1.43. The first-order valence-corrected chi connectivity index (χ1v) is 8.42. The lowest BCUT2D eigenvalue weighted by Crippen LogP contribution is -2.45. The maximum atomic E-state index is 12.4.